The Labute approximate surface area is 129 Å². The first-order chi connectivity index (χ1) is 9.54. The van der Waals surface area contributed by atoms with E-state index in [1.54, 1.807) is 0 Å². The summed E-state index contributed by atoms with van der Waals surface area (Å²) in [6.45, 7) is 2.27. The first-order valence-corrected chi connectivity index (χ1v) is 7.38. The van der Waals surface area contributed by atoms with E-state index in [2.05, 4.69) is 23.3 Å². The summed E-state index contributed by atoms with van der Waals surface area (Å²) >= 11 is 9.95. The van der Waals surface area contributed by atoms with Gasteiger partial charge in [0.1, 0.15) is 5.82 Å². The van der Waals surface area contributed by atoms with Crippen molar-refractivity contribution in [1.29, 1.82) is 0 Å². The van der Waals surface area contributed by atoms with Gasteiger partial charge in [0.25, 0.3) is 0 Å². The third-order valence-corrected chi connectivity index (χ3v) is 3.44. The van der Waals surface area contributed by atoms with Crippen LogP contribution in [0.4, 0.5) is 10.1 Å². The molecule has 0 bridgehead atoms. The van der Waals surface area contributed by atoms with Crippen LogP contribution in [-0.4, -0.2) is 37.4 Å². The molecule has 0 saturated heterocycles. The number of unbranched alkanes of at least 4 members (excludes halogenated alkanes) is 1. The van der Waals surface area contributed by atoms with E-state index < -0.39 is 11.9 Å². The molecule has 0 amide bonds. The number of halogens is 2. The highest BCUT2D eigenvalue weighted by atomic mass is 35.5. The Morgan fingerprint density at radius 1 is 1.35 bits per heavy atom. The van der Waals surface area contributed by atoms with Gasteiger partial charge in [0, 0.05) is 24.5 Å². The van der Waals surface area contributed by atoms with Gasteiger partial charge in [-0.3, -0.25) is 0 Å². The standard InChI is InChI=1S/C13H21ClFN3OS/c14-10-5-13(20)11(15)6-12(10)18-4-2-1-3-17-8-9(19)7-16/h5-6,9,17-20H,1-4,7-8,16H2/t9-/m1/s1. The summed E-state index contributed by atoms with van der Waals surface area (Å²) in [7, 11) is 0. The summed E-state index contributed by atoms with van der Waals surface area (Å²) in [4.78, 5) is 0.239. The van der Waals surface area contributed by atoms with E-state index in [-0.39, 0.29) is 11.4 Å². The zero-order valence-corrected chi connectivity index (χ0v) is 12.9. The van der Waals surface area contributed by atoms with Crippen molar-refractivity contribution in [1.82, 2.24) is 5.32 Å². The second-order valence-corrected chi connectivity index (χ2v) is 5.40. The van der Waals surface area contributed by atoms with Crippen molar-refractivity contribution in [2.45, 2.75) is 23.8 Å². The number of hydrogen-bond donors (Lipinski definition) is 5. The number of nitrogens with two attached hydrogens (primary N) is 1. The lowest BCUT2D eigenvalue weighted by molar-refractivity contribution is 0.179. The smallest absolute Gasteiger partial charge is 0.138 e. The molecular weight excluding hydrogens is 301 g/mol. The second-order valence-electron chi connectivity index (χ2n) is 4.51. The summed E-state index contributed by atoms with van der Waals surface area (Å²) in [5, 5.41) is 15.9. The quantitative estimate of drug-likeness (QED) is 0.356. The van der Waals surface area contributed by atoms with Gasteiger partial charge < -0.3 is 21.5 Å². The van der Waals surface area contributed by atoms with Crippen LogP contribution in [0.15, 0.2) is 17.0 Å². The zero-order valence-electron chi connectivity index (χ0n) is 11.2. The zero-order chi connectivity index (χ0) is 15.0. The number of anilines is 1. The molecule has 114 valence electrons. The highest BCUT2D eigenvalue weighted by Crippen LogP contribution is 2.27. The lowest BCUT2D eigenvalue weighted by atomic mass is 10.2. The summed E-state index contributed by atoms with van der Waals surface area (Å²) in [5.41, 5.74) is 5.86. The SMILES string of the molecule is NC[C@@H](O)CNCCCCNc1cc(F)c(S)cc1Cl. The maximum absolute atomic E-state index is 13.3. The largest absolute Gasteiger partial charge is 0.390 e. The van der Waals surface area contributed by atoms with Crippen LogP contribution in [0.3, 0.4) is 0 Å². The van der Waals surface area contributed by atoms with E-state index >= 15 is 0 Å². The van der Waals surface area contributed by atoms with Crippen LogP contribution in [0.1, 0.15) is 12.8 Å². The Morgan fingerprint density at radius 3 is 2.75 bits per heavy atom. The molecule has 0 aliphatic carbocycles. The van der Waals surface area contributed by atoms with Crippen LogP contribution >= 0.6 is 24.2 Å². The van der Waals surface area contributed by atoms with Crippen molar-refractivity contribution in [3.63, 3.8) is 0 Å². The van der Waals surface area contributed by atoms with Crippen molar-refractivity contribution < 1.29 is 9.50 Å². The highest BCUT2D eigenvalue weighted by molar-refractivity contribution is 7.80. The lowest BCUT2D eigenvalue weighted by Gasteiger charge is -2.11. The minimum atomic E-state index is -0.491. The average molecular weight is 322 g/mol. The maximum Gasteiger partial charge on any atom is 0.138 e. The fourth-order valence-corrected chi connectivity index (χ4v) is 2.12. The Kier molecular flexibility index (Phi) is 8.25. The van der Waals surface area contributed by atoms with Crippen molar-refractivity contribution >= 4 is 29.9 Å². The van der Waals surface area contributed by atoms with Gasteiger partial charge in [-0.1, -0.05) is 11.6 Å². The number of aliphatic hydroxyl groups excluding tert-OH is 1. The molecule has 1 aromatic carbocycles. The molecule has 1 aromatic rings. The van der Waals surface area contributed by atoms with Crippen LogP contribution in [-0.2, 0) is 0 Å². The molecule has 0 radical (unpaired) electrons. The molecular formula is C13H21ClFN3OS. The molecule has 0 saturated carbocycles. The molecule has 4 nitrogen and oxygen atoms in total. The van der Waals surface area contributed by atoms with Crippen LogP contribution in [0.25, 0.3) is 0 Å². The van der Waals surface area contributed by atoms with Gasteiger partial charge in [0.15, 0.2) is 0 Å². The minimum Gasteiger partial charge on any atom is -0.390 e. The number of nitrogens with one attached hydrogen (secondary N) is 2. The Morgan fingerprint density at radius 2 is 2.05 bits per heavy atom. The third kappa shape index (κ3) is 6.28. The molecule has 0 unspecified atom stereocenters. The average Bonchev–Trinajstić information content (AvgIpc) is 2.42. The topological polar surface area (TPSA) is 70.3 Å². The second kappa shape index (κ2) is 9.41. The molecule has 5 N–H and O–H groups in total. The van der Waals surface area contributed by atoms with Gasteiger partial charge in [-0.25, -0.2) is 4.39 Å². The van der Waals surface area contributed by atoms with Gasteiger partial charge >= 0.3 is 0 Å². The molecule has 1 rings (SSSR count). The molecule has 0 heterocycles. The third-order valence-electron chi connectivity index (χ3n) is 2.78. The van der Waals surface area contributed by atoms with Gasteiger partial charge in [-0.05, 0) is 31.5 Å². The first-order valence-electron chi connectivity index (χ1n) is 6.55. The van der Waals surface area contributed by atoms with Crippen LogP contribution in [0, 0.1) is 5.82 Å². The molecule has 7 heteroatoms. The molecule has 1 atom stereocenters. The number of rotatable bonds is 9. The van der Waals surface area contributed by atoms with E-state index in [1.165, 1.54) is 12.1 Å². The number of thiol groups is 1. The van der Waals surface area contributed by atoms with E-state index in [0.717, 1.165) is 19.4 Å². The Balaban J connectivity index is 2.17. The summed E-state index contributed by atoms with van der Waals surface area (Å²) < 4.78 is 13.3. The molecule has 0 spiro atoms. The monoisotopic (exact) mass is 321 g/mol. The van der Waals surface area contributed by atoms with Crippen LogP contribution < -0.4 is 16.4 Å². The van der Waals surface area contributed by atoms with Gasteiger partial charge in [-0.15, -0.1) is 12.6 Å². The lowest BCUT2D eigenvalue weighted by Crippen LogP contribution is -2.33. The molecule has 0 aromatic heterocycles. The van der Waals surface area contributed by atoms with Crippen molar-refractivity contribution in [2.24, 2.45) is 5.73 Å². The predicted octanol–water partition coefficient (Wildman–Crippen LogP) is 1.87. The molecule has 20 heavy (non-hydrogen) atoms. The molecule has 0 aliphatic heterocycles. The summed E-state index contributed by atoms with van der Waals surface area (Å²) in [5.74, 6) is -0.391. The van der Waals surface area contributed by atoms with Crippen LogP contribution in [0.5, 0.6) is 0 Å². The van der Waals surface area contributed by atoms with Gasteiger partial charge in [0.05, 0.1) is 16.8 Å². The Hall–Kier alpha value is -0.530. The van der Waals surface area contributed by atoms with Gasteiger partial charge in [0.2, 0.25) is 0 Å². The number of aliphatic hydroxyl groups is 1. The van der Waals surface area contributed by atoms with Crippen molar-refractivity contribution in [3.8, 4) is 0 Å². The van der Waals surface area contributed by atoms with Gasteiger partial charge in [-0.2, -0.15) is 0 Å². The van der Waals surface area contributed by atoms with Crippen molar-refractivity contribution in [2.75, 3.05) is 31.5 Å². The Bertz CT molecular complexity index is 423. The number of hydrogen-bond acceptors (Lipinski definition) is 5. The fourth-order valence-electron chi connectivity index (χ4n) is 1.62. The normalized spacial score (nSPS) is 12.4. The minimum absolute atomic E-state index is 0.239. The van der Waals surface area contributed by atoms with Crippen molar-refractivity contribution in [3.05, 3.63) is 23.0 Å². The summed E-state index contributed by atoms with van der Waals surface area (Å²) in [6.07, 6.45) is 1.36. The highest BCUT2D eigenvalue weighted by Gasteiger charge is 2.05. The molecule has 0 aliphatic rings. The maximum atomic E-state index is 13.3. The van der Waals surface area contributed by atoms with E-state index in [9.17, 15) is 9.50 Å². The van der Waals surface area contributed by atoms with Crippen LogP contribution in [0.2, 0.25) is 5.02 Å². The number of benzene rings is 1. The van der Waals surface area contributed by atoms with E-state index in [0.29, 0.717) is 23.8 Å². The summed E-state index contributed by atoms with van der Waals surface area (Å²) in [6, 6.07) is 2.83. The predicted molar refractivity (Wildman–Crippen MR) is 84.3 cm³/mol. The van der Waals surface area contributed by atoms with E-state index in [4.69, 9.17) is 17.3 Å². The van der Waals surface area contributed by atoms with E-state index in [1.807, 2.05) is 0 Å². The fraction of sp³-hybridized carbons (Fsp3) is 0.538. The first kappa shape index (κ1) is 17.5. The molecule has 0 fully saturated rings.